The van der Waals surface area contributed by atoms with E-state index in [9.17, 15) is 22.4 Å². The van der Waals surface area contributed by atoms with Gasteiger partial charge >= 0.3 is 0 Å². The fraction of sp³-hybridized carbons (Fsp3) is 0.548. The smallest absolute Gasteiger partial charge is 0.243 e. The van der Waals surface area contributed by atoms with Gasteiger partial charge in [-0.15, -0.1) is 0 Å². The first-order valence-corrected chi connectivity index (χ1v) is 17.5. The van der Waals surface area contributed by atoms with Crippen LogP contribution in [-0.4, -0.2) is 68.7 Å². The molecule has 2 saturated heterocycles. The van der Waals surface area contributed by atoms with Crippen molar-refractivity contribution in [3.8, 4) is 0 Å². The number of aliphatic hydroxyl groups is 1. The molecular formula is C31H48BrFN4O5S. The summed E-state index contributed by atoms with van der Waals surface area (Å²) in [5.74, 6) is 0.0555. The van der Waals surface area contributed by atoms with Gasteiger partial charge in [0, 0.05) is 23.1 Å². The van der Waals surface area contributed by atoms with E-state index in [2.05, 4.69) is 38.2 Å². The molecule has 2 heterocycles. The lowest BCUT2D eigenvalue weighted by atomic mass is 9.96. The Labute approximate surface area is 265 Å². The number of amides is 2. The molecule has 1 atom stereocenters. The Balaban J connectivity index is 0.000000378. The van der Waals surface area contributed by atoms with Crippen LogP contribution in [0.25, 0.3) is 0 Å². The SMILES string of the molecule is CC.CCC1CCNCC1.CS(=O)(=O)NCC(=O)N1CCCC1C(=O)NCc1ccccc1.OCc1ccc(Br)cc1F. The van der Waals surface area contributed by atoms with Crippen LogP contribution in [0.5, 0.6) is 0 Å². The van der Waals surface area contributed by atoms with E-state index in [0.717, 1.165) is 24.2 Å². The van der Waals surface area contributed by atoms with Gasteiger partial charge in [-0.25, -0.2) is 17.5 Å². The van der Waals surface area contributed by atoms with E-state index in [1.807, 2.05) is 44.2 Å². The lowest BCUT2D eigenvalue weighted by Crippen LogP contribution is -2.48. The number of likely N-dealkylation sites (tertiary alicyclic amines) is 1. The van der Waals surface area contributed by atoms with Crippen LogP contribution < -0.4 is 15.4 Å². The number of sulfonamides is 1. The number of piperidine rings is 1. The highest BCUT2D eigenvalue weighted by Crippen LogP contribution is 2.18. The number of hydrogen-bond donors (Lipinski definition) is 4. The highest BCUT2D eigenvalue weighted by atomic mass is 79.9. The van der Waals surface area contributed by atoms with Gasteiger partial charge in [-0.2, -0.15) is 0 Å². The number of nitrogens with zero attached hydrogens (tertiary/aromatic N) is 1. The van der Waals surface area contributed by atoms with Gasteiger partial charge in [0.1, 0.15) is 11.9 Å². The normalized spacial score (nSPS) is 16.4. The first kappa shape index (κ1) is 38.6. The Morgan fingerprint density at radius 2 is 1.74 bits per heavy atom. The van der Waals surface area contributed by atoms with E-state index in [-0.39, 0.29) is 30.8 Å². The minimum Gasteiger partial charge on any atom is -0.392 e. The molecule has 12 heteroatoms. The van der Waals surface area contributed by atoms with Crippen LogP contribution in [0.1, 0.15) is 64.0 Å². The summed E-state index contributed by atoms with van der Waals surface area (Å²) in [6, 6.07) is 13.5. The summed E-state index contributed by atoms with van der Waals surface area (Å²) in [5, 5.41) is 14.7. The maximum atomic E-state index is 12.7. The minimum atomic E-state index is -3.43. The summed E-state index contributed by atoms with van der Waals surface area (Å²) in [5.41, 5.74) is 1.30. The van der Waals surface area contributed by atoms with Gasteiger partial charge in [-0.1, -0.05) is 79.5 Å². The van der Waals surface area contributed by atoms with Crippen molar-refractivity contribution in [1.29, 1.82) is 0 Å². The standard InChI is InChI=1S/C15H21N3O4S.C7H6BrFO.C7H15N.C2H6/c1-23(21,22)17-11-14(19)18-9-5-8-13(18)15(20)16-10-12-6-3-2-4-7-12;8-6-2-1-5(4-10)7(9)3-6;1-2-7-3-5-8-6-4-7;1-2/h2-4,6-7,13,17H,5,8-11H2,1H3,(H,16,20);1-3,10H,4H2;7-8H,2-6H2,1H3;1-2H3. The lowest BCUT2D eigenvalue weighted by Gasteiger charge is -2.24. The third-order valence-electron chi connectivity index (χ3n) is 6.89. The zero-order valence-electron chi connectivity index (χ0n) is 25.7. The van der Waals surface area contributed by atoms with E-state index in [0.29, 0.717) is 29.5 Å². The van der Waals surface area contributed by atoms with Crippen LogP contribution >= 0.6 is 15.9 Å². The van der Waals surface area contributed by atoms with Crippen LogP contribution in [0, 0.1) is 11.7 Å². The van der Waals surface area contributed by atoms with Gasteiger partial charge in [0.15, 0.2) is 0 Å². The van der Waals surface area contributed by atoms with Crippen LogP contribution in [0.15, 0.2) is 53.0 Å². The molecule has 0 aliphatic carbocycles. The molecule has 0 saturated carbocycles. The van der Waals surface area contributed by atoms with Gasteiger partial charge in [0.25, 0.3) is 0 Å². The maximum Gasteiger partial charge on any atom is 0.243 e. The Kier molecular flexibility index (Phi) is 19.2. The van der Waals surface area contributed by atoms with E-state index in [4.69, 9.17) is 5.11 Å². The van der Waals surface area contributed by atoms with Gasteiger partial charge < -0.3 is 20.6 Å². The Morgan fingerprint density at radius 1 is 1.09 bits per heavy atom. The number of aliphatic hydroxyl groups excluding tert-OH is 1. The summed E-state index contributed by atoms with van der Waals surface area (Å²) >= 11 is 3.10. The van der Waals surface area contributed by atoms with Crippen molar-refractivity contribution in [3.05, 3.63) is 69.9 Å². The van der Waals surface area contributed by atoms with Crippen molar-refractivity contribution in [2.45, 2.75) is 72.1 Å². The molecule has 0 spiro atoms. The number of hydrogen-bond acceptors (Lipinski definition) is 6. The summed E-state index contributed by atoms with van der Waals surface area (Å²) in [6.07, 6.45) is 6.49. The Hall–Kier alpha value is -2.38. The van der Waals surface area contributed by atoms with Crippen LogP contribution in [0.4, 0.5) is 4.39 Å². The third kappa shape index (κ3) is 15.8. The van der Waals surface area contributed by atoms with Crippen molar-refractivity contribution in [1.82, 2.24) is 20.3 Å². The van der Waals surface area contributed by atoms with Crippen molar-refractivity contribution in [2.75, 3.05) is 32.4 Å². The van der Waals surface area contributed by atoms with Crippen LogP contribution in [0.3, 0.4) is 0 Å². The van der Waals surface area contributed by atoms with Crippen molar-refractivity contribution in [2.24, 2.45) is 5.92 Å². The molecule has 0 radical (unpaired) electrons. The first-order chi connectivity index (χ1) is 20.5. The summed E-state index contributed by atoms with van der Waals surface area (Å²) in [7, 11) is -3.43. The van der Waals surface area contributed by atoms with Crippen molar-refractivity contribution in [3.63, 3.8) is 0 Å². The molecule has 43 heavy (non-hydrogen) atoms. The molecule has 2 amide bonds. The molecule has 9 nitrogen and oxygen atoms in total. The topological polar surface area (TPSA) is 128 Å². The molecule has 2 fully saturated rings. The lowest BCUT2D eigenvalue weighted by molar-refractivity contribution is -0.137. The van der Waals surface area contributed by atoms with Gasteiger partial charge in [-0.3, -0.25) is 9.59 Å². The van der Waals surface area contributed by atoms with Gasteiger partial charge in [-0.05, 0) is 62.4 Å². The highest BCUT2D eigenvalue weighted by Gasteiger charge is 2.33. The molecule has 2 aromatic carbocycles. The molecule has 1 unspecified atom stereocenters. The molecule has 4 rings (SSSR count). The number of benzene rings is 2. The summed E-state index contributed by atoms with van der Waals surface area (Å²) in [4.78, 5) is 25.8. The summed E-state index contributed by atoms with van der Waals surface area (Å²) < 4.78 is 37.6. The highest BCUT2D eigenvalue weighted by molar-refractivity contribution is 9.10. The van der Waals surface area contributed by atoms with E-state index in [1.54, 1.807) is 12.1 Å². The molecule has 0 bridgehead atoms. The Morgan fingerprint density at radius 3 is 2.28 bits per heavy atom. The summed E-state index contributed by atoms with van der Waals surface area (Å²) in [6.45, 7) is 9.08. The monoisotopic (exact) mass is 686 g/mol. The fourth-order valence-electron chi connectivity index (χ4n) is 4.47. The predicted octanol–water partition coefficient (Wildman–Crippen LogP) is 4.35. The first-order valence-electron chi connectivity index (χ1n) is 14.8. The molecule has 2 aromatic rings. The van der Waals surface area contributed by atoms with E-state index < -0.39 is 16.1 Å². The number of carbonyl (C=O) groups is 2. The molecule has 0 aromatic heterocycles. The minimum absolute atomic E-state index is 0.209. The average molecular weight is 688 g/mol. The van der Waals surface area contributed by atoms with E-state index >= 15 is 0 Å². The van der Waals surface area contributed by atoms with Crippen molar-refractivity contribution < 1.29 is 27.5 Å². The number of carbonyl (C=O) groups excluding carboxylic acids is 2. The molecule has 4 N–H and O–H groups in total. The van der Waals surface area contributed by atoms with E-state index in [1.165, 1.54) is 43.3 Å². The predicted molar refractivity (Wildman–Crippen MR) is 173 cm³/mol. The van der Waals surface area contributed by atoms with Gasteiger partial charge in [0.05, 0.1) is 19.4 Å². The average Bonchev–Trinajstić information content (AvgIpc) is 3.51. The van der Waals surface area contributed by atoms with Gasteiger partial charge in [0.2, 0.25) is 21.8 Å². The fourth-order valence-corrected chi connectivity index (χ4v) is 5.19. The number of nitrogens with one attached hydrogen (secondary N) is 3. The quantitative estimate of drug-likeness (QED) is 0.327. The molecule has 2 aliphatic rings. The second-order valence-electron chi connectivity index (χ2n) is 10.0. The zero-order chi connectivity index (χ0) is 32.3. The number of halogens is 2. The third-order valence-corrected chi connectivity index (χ3v) is 8.05. The van der Waals surface area contributed by atoms with Crippen LogP contribution in [-0.2, 0) is 32.8 Å². The largest absolute Gasteiger partial charge is 0.392 e. The number of rotatable bonds is 8. The molecular weight excluding hydrogens is 639 g/mol. The van der Waals surface area contributed by atoms with Crippen LogP contribution in [0.2, 0.25) is 0 Å². The second kappa shape index (κ2) is 21.3. The zero-order valence-corrected chi connectivity index (χ0v) is 28.1. The van der Waals surface area contributed by atoms with Crippen molar-refractivity contribution >= 4 is 37.8 Å². The molecule has 2 aliphatic heterocycles. The Bertz CT molecular complexity index is 1200. The second-order valence-corrected chi connectivity index (χ2v) is 12.8. The maximum absolute atomic E-state index is 12.7. The molecule has 242 valence electrons.